The third-order valence-electron chi connectivity index (χ3n) is 3.52. The fourth-order valence-corrected chi connectivity index (χ4v) is 2.61. The van der Waals surface area contributed by atoms with E-state index >= 15 is 0 Å². The van der Waals surface area contributed by atoms with Gasteiger partial charge in [-0.25, -0.2) is 0 Å². The minimum absolute atomic E-state index is 0.0674. The Morgan fingerprint density at radius 3 is 2.40 bits per heavy atom. The molecule has 3 rings (SSSR count). The first kappa shape index (κ1) is 12.7. The molecule has 1 heterocycles. The summed E-state index contributed by atoms with van der Waals surface area (Å²) in [5.41, 5.74) is 2.08. The zero-order valence-electron chi connectivity index (χ0n) is 11.5. The molecule has 0 saturated heterocycles. The SMILES string of the molecule is CCCc1cc2ccccc2c(=O)n1-c1ccccc1. The Morgan fingerprint density at radius 2 is 1.65 bits per heavy atom. The van der Waals surface area contributed by atoms with Crippen LogP contribution in [-0.4, -0.2) is 4.57 Å². The maximum atomic E-state index is 12.8. The molecule has 0 amide bonds. The lowest BCUT2D eigenvalue weighted by Gasteiger charge is -2.14. The highest BCUT2D eigenvalue weighted by Crippen LogP contribution is 2.17. The molecule has 0 unspecified atom stereocenters. The Labute approximate surface area is 118 Å². The van der Waals surface area contributed by atoms with Gasteiger partial charge in [-0.1, -0.05) is 49.7 Å². The first-order chi connectivity index (χ1) is 9.81. The summed E-state index contributed by atoms with van der Waals surface area (Å²) < 4.78 is 1.84. The average Bonchev–Trinajstić information content (AvgIpc) is 2.49. The van der Waals surface area contributed by atoms with Crippen molar-refractivity contribution in [2.75, 3.05) is 0 Å². The van der Waals surface area contributed by atoms with Crippen molar-refractivity contribution >= 4 is 10.8 Å². The van der Waals surface area contributed by atoms with E-state index in [0.29, 0.717) is 0 Å². The zero-order chi connectivity index (χ0) is 13.9. The molecule has 0 fully saturated rings. The summed E-state index contributed by atoms with van der Waals surface area (Å²) in [6.45, 7) is 2.13. The molecule has 20 heavy (non-hydrogen) atoms. The van der Waals surface area contributed by atoms with Crippen molar-refractivity contribution in [2.24, 2.45) is 0 Å². The first-order valence-corrected chi connectivity index (χ1v) is 7.00. The summed E-state index contributed by atoms with van der Waals surface area (Å²) >= 11 is 0. The maximum absolute atomic E-state index is 12.8. The fourth-order valence-electron chi connectivity index (χ4n) is 2.61. The monoisotopic (exact) mass is 263 g/mol. The number of hydrogen-bond donors (Lipinski definition) is 0. The predicted octanol–water partition coefficient (Wildman–Crippen LogP) is 3.94. The van der Waals surface area contributed by atoms with Crippen molar-refractivity contribution in [3.63, 3.8) is 0 Å². The molecule has 0 aliphatic carbocycles. The van der Waals surface area contributed by atoms with Crippen LogP contribution in [0.3, 0.4) is 0 Å². The molecule has 0 aliphatic rings. The van der Waals surface area contributed by atoms with Crippen LogP contribution in [0.2, 0.25) is 0 Å². The molecule has 0 aliphatic heterocycles. The highest BCUT2D eigenvalue weighted by atomic mass is 16.1. The van der Waals surface area contributed by atoms with Gasteiger partial charge in [-0.2, -0.15) is 0 Å². The Balaban J connectivity index is 2.36. The number of para-hydroxylation sites is 1. The van der Waals surface area contributed by atoms with E-state index in [4.69, 9.17) is 0 Å². The smallest absolute Gasteiger partial charge is 0.263 e. The third kappa shape index (κ3) is 2.14. The first-order valence-electron chi connectivity index (χ1n) is 7.00. The quantitative estimate of drug-likeness (QED) is 0.701. The van der Waals surface area contributed by atoms with E-state index in [1.54, 1.807) is 0 Å². The number of aryl methyl sites for hydroxylation is 1. The number of benzene rings is 2. The topological polar surface area (TPSA) is 22.0 Å². The molecule has 2 aromatic carbocycles. The normalized spacial score (nSPS) is 10.8. The lowest BCUT2D eigenvalue weighted by atomic mass is 10.1. The number of pyridine rings is 1. The van der Waals surface area contributed by atoms with Crippen LogP contribution in [0.1, 0.15) is 19.0 Å². The number of hydrogen-bond acceptors (Lipinski definition) is 1. The van der Waals surface area contributed by atoms with Gasteiger partial charge in [0.25, 0.3) is 5.56 Å². The van der Waals surface area contributed by atoms with E-state index in [-0.39, 0.29) is 5.56 Å². The Morgan fingerprint density at radius 1 is 0.950 bits per heavy atom. The van der Waals surface area contributed by atoms with Crippen molar-refractivity contribution in [1.29, 1.82) is 0 Å². The number of nitrogens with zero attached hydrogens (tertiary/aromatic N) is 1. The van der Waals surface area contributed by atoms with Crippen LogP contribution in [0, 0.1) is 0 Å². The molecule has 2 nitrogen and oxygen atoms in total. The molecule has 0 spiro atoms. The molecular formula is C18H17NO. The van der Waals surface area contributed by atoms with Gasteiger partial charge in [-0.15, -0.1) is 0 Å². The van der Waals surface area contributed by atoms with Crippen LogP contribution in [0.25, 0.3) is 16.5 Å². The van der Waals surface area contributed by atoms with Gasteiger partial charge in [0.15, 0.2) is 0 Å². The molecule has 0 saturated carbocycles. The van der Waals surface area contributed by atoms with Crippen molar-refractivity contribution in [1.82, 2.24) is 4.57 Å². The van der Waals surface area contributed by atoms with Gasteiger partial charge in [0, 0.05) is 16.8 Å². The molecular weight excluding hydrogens is 246 g/mol. The molecule has 0 radical (unpaired) electrons. The van der Waals surface area contributed by atoms with E-state index < -0.39 is 0 Å². The van der Waals surface area contributed by atoms with Gasteiger partial charge < -0.3 is 0 Å². The second kappa shape index (κ2) is 5.33. The Kier molecular flexibility index (Phi) is 3.38. The van der Waals surface area contributed by atoms with Gasteiger partial charge in [0.2, 0.25) is 0 Å². The Hall–Kier alpha value is -2.35. The van der Waals surface area contributed by atoms with Gasteiger partial charge in [-0.05, 0) is 36.1 Å². The van der Waals surface area contributed by atoms with Crippen molar-refractivity contribution < 1.29 is 0 Å². The van der Waals surface area contributed by atoms with Crippen molar-refractivity contribution in [3.8, 4) is 5.69 Å². The molecule has 0 N–H and O–H groups in total. The summed E-state index contributed by atoms with van der Waals surface area (Å²) in [5.74, 6) is 0. The standard InChI is InChI=1S/C18H17NO/c1-2-8-16-13-14-9-6-7-12-17(14)18(20)19(16)15-10-4-3-5-11-15/h3-7,9-13H,2,8H2,1H3. The summed E-state index contributed by atoms with van der Waals surface area (Å²) in [6, 6.07) is 19.8. The van der Waals surface area contributed by atoms with E-state index in [0.717, 1.165) is 35.0 Å². The Bertz CT molecular complexity index is 787. The van der Waals surface area contributed by atoms with Crippen molar-refractivity contribution in [3.05, 3.63) is 76.7 Å². The predicted molar refractivity (Wildman–Crippen MR) is 83.5 cm³/mol. The fraction of sp³-hybridized carbons (Fsp3) is 0.167. The summed E-state index contributed by atoms with van der Waals surface area (Å²) in [5, 5.41) is 1.80. The van der Waals surface area contributed by atoms with E-state index in [2.05, 4.69) is 13.0 Å². The van der Waals surface area contributed by atoms with Gasteiger partial charge in [0.1, 0.15) is 0 Å². The van der Waals surface area contributed by atoms with Crippen molar-refractivity contribution in [2.45, 2.75) is 19.8 Å². The maximum Gasteiger partial charge on any atom is 0.263 e. The van der Waals surface area contributed by atoms with E-state index in [1.807, 2.05) is 59.2 Å². The van der Waals surface area contributed by atoms with Gasteiger partial charge in [-0.3, -0.25) is 9.36 Å². The highest BCUT2D eigenvalue weighted by molar-refractivity contribution is 5.82. The van der Waals surface area contributed by atoms with Crippen LogP contribution in [0.15, 0.2) is 65.5 Å². The van der Waals surface area contributed by atoms with E-state index in [1.165, 1.54) is 0 Å². The molecule has 100 valence electrons. The summed E-state index contributed by atoms with van der Waals surface area (Å²) in [6.07, 6.45) is 1.92. The van der Waals surface area contributed by atoms with Crippen LogP contribution >= 0.6 is 0 Å². The largest absolute Gasteiger partial charge is 0.281 e. The van der Waals surface area contributed by atoms with Crippen LogP contribution in [0.5, 0.6) is 0 Å². The molecule has 3 aromatic rings. The van der Waals surface area contributed by atoms with Crippen LogP contribution in [-0.2, 0) is 6.42 Å². The van der Waals surface area contributed by atoms with Crippen LogP contribution < -0.4 is 5.56 Å². The highest BCUT2D eigenvalue weighted by Gasteiger charge is 2.09. The number of rotatable bonds is 3. The minimum Gasteiger partial charge on any atom is -0.281 e. The average molecular weight is 263 g/mol. The molecule has 0 bridgehead atoms. The second-order valence-electron chi connectivity index (χ2n) is 4.95. The molecule has 2 heteroatoms. The summed E-state index contributed by atoms with van der Waals surface area (Å²) in [4.78, 5) is 12.8. The molecule has 0 atom stereocenters. The van der Waals surface area contributed by atoms with Crippen LogP contribution in [0.4, 0.5) is 0 Å². The zero-order valence-corrected chi connectivity index (χ0v) is 11.5. The summed E-state index contributed by atoms with van der Waals surface area (Å²) in [7, 11) is 0. The molecule has 1 aromatic heterocycles. The van der Waals surface area contributed by atoms with E-state index in [9.17, 15) is 4.79 Å². The lowest BCUT2D eigenvalue weighted by Crippen LogP contribution is -2.22. The van der Waals surface area contributed by atoms with Gasteiger partial charge >= 0.3 is 0 Å². The number of fused-ring (bicyclic) bond motifs is 1. The second-order valence-corrected chi connectivity index (χ2v) is 4.95. The minimum atomic E-state index is 0.0674. The number of aromatic nitrogens is 1. The van der Waals surface area contributed by atoms with Gasteiger partial charge in [0.05, 0.1) is 0 Å². The lowest BCUT2D eigenvalue weighted by molar-refractivity contribution is 0.817. The third-order valence-corrected chi connectivity index (χ3v) is 3.52.